The van der Waals surface area contributed by atoms with Crippen molar-refractivity contribution in [2.24, 2.45) is 0 Å². The largest absolute Gasteiger partial charge is 0.471 e. The third-order valence-corrected chi connectivity index (χ3v) is 4.26. The Morgan fingerprint density at radius 2 is 1.71 bits per heavy atom. The van der Waals surface area contributed by atoms with Gasteiger partial charge in [-0.05, 0) is 43.5 Å². The molecular weight excluding hydrogens is 369 g/mol. The lowest BCUT2D eigenvalue weighted by molar-refractivity contribution is -0.185. The summed E-state index contributed by atoms with van der Waals surface area (Å²) in [4.78, 5) is 24.3. The summed E-state index contributed by atoms with van der Waals surface area (Å²) < 4.78 is 37.9. The molecule has 0 spiro atoms. The molecule has 4 nitrogen and oxygen atoms in total. The summed E-state index contributed by atoms with van der Waals surface area (Å²) in [5, 5.41) is 2.75. The fraction of sp³-hybridized carbons (Fsp3) is 0.333. The molecule has 0 bridgehead atoms. The van der Waals surface area contributed by atoms with Gasteiger partial charge in [0.1, 0.15) is 0 Å². The fourth-order valence-electron chi connectivity index (χ4n) is 2.71. The van der Waals surface area contributed by atoms with Crippen molar-refractivity contribution in [2.45, 2.75) is 39.4 Å². The Hall–Kier alpha value is -2.83. The first-order valence-electron chi connectivity index (χ1n) is 8.99. The predicted octanol–water partition coefficient (Wildman–Crippen LogP) is 4.48. The highest BCUT2D eigenvalue weighted by Crippen LogP contribution is 2.21. The van der Waals surface area contributed by atoms with Crippen LogP contribution >= 0.6 is 0 Å². The number of rotatable bonds is 7. The Labute approximate surface area is 162 Å². The van der Waals surface area contributed by atoms with Crippen LogP contribution in [0.5, 0.6) is 0 Å². The molecular formula is C21H23F3N2O2. The fourth-order valence-corrected chi connectivity index (χ4v) is 2.71. The van der Waals surface area contributed by atoms with E-state index < -0.39 is 12.1 Å². The maximum atomic E-state index is 12.6. The van der Waals surface area contributed by atoms with Crippen LogP contribution in [0.15, 0.2) is 48.5 Å². The van der Waals surface area contributed by atoms with Gasteiger partial charge in [0.05, 0.1) is 0 Å². The van der Waals surface area contributed by atoms with Crippen LogP contribution in [-0.2, 0) is 22.6 Å². The quantitative estimate of drug-likeness (QED) is 0.756. The number of carbonyl (C=O) groups excluding carboxylic acids is 2. The molecule has 0 fully saturated rings. The van der Waals surface area contributed by atoms with E-state index in [0.717, 1.165) is 16.0 Å². The van der Waals surface area contributed by atoms with Gasteiger partial charge in [0.15, 0.2) is 0 Å². The number of hydrogen-bond acceptors (Lipinski definition) is 2. The van der Waals surface area contributed by atoms with Crippen molar-refractivity contribution < 1.29 is 22.8 Å². The summed E-state index contributed by atoms with van der Waals surface area (Å²) >= 11 is 0. The average Bonchev–Trinajstić information content (AvgIpc) is 2.64. The summed E-state index contributed by atoms with van der Waals surface area (Å²) in [6.07, 6.45) is -4.02. The van der Waals surface area contributed by atoms with Gasteiger partial charge in [-0.3, -0.25) is 9.59 Å². The van der Waals surface area contributed by atoms with Gasteiger partial charge in [0.25, 0.3) is 0 Å². The van der Waals surface area contributed by atoms with Crippen molar-refractivity contribution in [1.82, 2.24) is 4.90 Å². The SMILES string of the molecule is CCN(Cc1cccc(NC(=O)CCc2ccc(C)cc2)c1)C(=O)C(F)(F)F. The number of anilines is 1. The third-order valence-electron chi connectivity index (χ3n) is 4.26. The molecule has 0 aromatic heterocycles. The summed E-state index contributed by atoms with van der Waals surface area (Å²) in [6.45, 7) is 3.24. The van der Waals surface area contributed by atoms with Crippen molar-refractivity contribution in [3.8, 4) is 0 Å². The first kappa shape index (κ1) is 21.5. The number of hydrogen-bond donors (Lipinski definition) is 1. The van der Waals surface area contributed by atoms with Gasteiger partial charge >= 0.3 is 12.1 Å². The number of alkyl halides is 3. The standard InChI is InChI=1S/C21H23F3N2O2/c1-3-26(20(28)21(22,23)24)14-17-5-4-6-18(13-17)25-19(27)12-11-16-9-7-15(2)8-10-16/h4-10,13H,3,11-12,14H2,1-2H3,(H,25,27). The maximum absolute atomic E-state index is 12.6. The van der Waals surface area contributed by atoms with Crippen molar-refractivity contribution in [2.75, 3.05) is 11.9 Å². The van der Waals surface area contributed by atoms with Gasteiger partial charge < -0.3 is 10.2 Å². The second-order valence-corrected chi connectivity index (χ2v) is 6.55. The molecule has 28 heavy (non-hydrogen) atoms. The Morgan fingerprint density at radius 1 is 1.04 bits per heavy atom. The van der Waals surface area contributed by atoms with E-state index in [0.29, 0.717) is 24.1 Å². The number of nitrogens with zero attached hydrogens (tertiary/aromatic N) is 1. The molecule has 0 saturated carbocycles. The summed E-state index contributed by atoms with van der Waals surface area (Å²) in [5.74, 6) is -2.06. The van der Waals surface area contributed by atoms with Gasteiger partial charge in [-0.25, -0.2) is 0 Å². The zero-order valence-electron chi connectivity index (χ0n) is 15.8. The molecule has 0 radical (unpaired) electrons. The predicted molar refractivity (Wildman–Crippen MR) is 102 cm³/mol. The van der Waals surface area contributed by atoms with Gasteiger partial charge in [0, 0.05) is 25.2 Å². The van der Waals surface area contributed by atoms with Crippen molar-refractivity contribution in [1.29, 1.82) is 0 Å². The summed E-state index contributed by atoms with van der Waals surface area (Å²) in [6, 6.07) is 14.4. The van der Waals surface area contributed by atoms with Gasteiger partial charge in [-0.2, -0.15) is 13.2 Å². The maximum Gasteiger partial charge on any atom is 0.471 e. The van der Waals surface area contributed by atoms with E-state index in [2.05, 4.69) is 5.32 Å². The molecule has 0 atom stereocenters. The molecule has 2 aromatic carbocycles. The lowest BCUT2D eigenvalue weighted by Crippen LogP contribution is -2.40. The molecule has 2 amide bonds. The number of amides is 2. The lowest BCUT2D eigenvalue weighted by atomic mass is 10.1. The zero-order chi connectivity index (χ0) is 20.7. The van der Waals surface area contributed by atoms with Crippen LogP contribution < -0.4 is 5.32 Å². The number of halogens is 3. The van der Waals surface area contributed by atoms with E-state index in [1.807, 2.05) is 31.2 Å². The Balaban J connectivity index is 1.95. The average molecular weight is 392 g/mol. The number of carbonyl (C=O) groups is 2. The Bertz CT molecular complexity index is 817. The molecule has 0 aliphatic carbocycles. The van der Waals surface area contributed by atoms with Crippen LogP contribution in [0.2, 0.25) is 0 Å². The lowest BCUT2D eigenvalue weighted by Gasteiger charge is -2.22. The van der Waals surface area contributed by atoms with E-state index in [-0.39, 0.29) is 19.0 Å². The third kappa shape index (κ3) is 6.40. The monoisotopic (exact) mass is 392 g/mol. The van der Waals surface area contributed by atoms with Crippen molar-refractivity contribution >= 4 is 17.5 Å². The van der Waals surface area contributed by atoms with E-state index in [4.69, 9.17) is 0 Å². The minimum absolute atomic E-state index is 0.0640. The topological polar surface area (TPSA) is 49.4 Å². The first-order chi connectivity index (χ1) is 13.2. The minimum Gasteiger partial charge on any atom is -0.331 e. The Morgan fingerprint density at radius 3 is 2.32 bits per heavy atom. The van der Waals surface area contributed by atoms with Gasteiger partial charge in [-0.15, -0.1) is 0 Å². The molecule has 2 rings (SSSR count). The van der Waals surface area contributed by atoms with Crippen LogP contribution in [0.1, 0.15) is 30.0 Å². The molecule has 150 valence electrons. The summed E-state index contributed by atoms with van der Waals surface area (Å²) in [7, 11) is 0. The van der Waals surface area contributed by atoms with Crippen molar-refractivity contribution in [3.05, 3.63) is 65.2 Å². The summed E-state index contributed by atoms with van der Waals surface area (Å²) in [5.41, 5.74) is 3.20. The number of nitrogens with one attached hydrogen (secondary N) is 1. The van der Waals surface area contributed by atoms with Crippen LogP contribution in [0, 0.1) is 6.92 Å². The number of benzene rings is 2. The van der Waals surface area contributed by atoms with Gasteiger partial charge in [-0.1, -0.05) is 42.0 Å². The van der Waals surface area contributed by atoms with Crippen molar-refractivity contribution in [3.63, 3.8) is 0 Å². The molecule has 0 saturated heterocycles. The van der Waals surface area contributed by atoms with Crippen LogP contribution in [0.3, 0.4) is 0 Å². The van der Waals surface area contributed by atoms with Crippen LogP contribution in [0.25, 0.3) is 0 Å². The molecule has 0 heterocycles. The van der Waals surface area contributed by atoms with Crippen LogP contribution in [0.4, 0.5) is 18.9 Å². The Kier molecular flexibility index (Phi) is 7.20. The second-order valence-electron chi connectivity index (χ2n) is 6.55. The van der Waals surface area contributed by atoms with Gasteiger partial charge in [0.2, 0.25) is 5.91 Å². The van der Waals surface area contributed by atoms with E-state index in [1.165, 1.54) is 6.92 Å². The van der Waals surface area contributed by atoms with E-state index >= 15 is 0 Å². The molecule has 0 unspecified atom stereocenters. The molecule has 1 N–H and O–H groups in total. The van der Waals surface area contributed by atoms with E-state index in [9.17, 15) is 22.8 Å². The molecule has 2 aromatic rings. The highest BCUT2D eigenvalue weighted by Gasteiger charge is 2.41. The molecule has 0 aliphatic heterocycles. The highest BCUT2D eigenvalue weighted by molar-refractivity contribution is 5.91. The minimum atomic E-state index is -4.90. The normalized spacial score (nSPS) is 11.2. The molecule has 0 aliphatic rings. The highest BCUT2D eigenvalue weighted by atomic mass is 19.4. The second kappa shape index (κ2) is 9.39. The van der Waals surface area contributed by atoms with Crippen LogP contribution in [-0.4, -0.2) is 29.4 Å². The van der Waals surface area contributed by atoms with E-state index in [1.54, 1.807) is 24.3 Å². The molecule has 7 heteroatoms. The smallest absolute Gasteiger partial charge is 0.331 e. The first-order valence-corrected chi connectivity index (χ1v) is 8.99. The number of aryl methyl sites for hydroxylation is 2. The zero-order valence-corrected chi connectivity index (χ0v) is 15.8.